The molecule has 0 saturated heterocycles. The molecular formula is C29H23ClN4. The number of benzene rings is 4. The first-order valence-corrected chi connectivity index (χ1v) is 11.5. The second-order valence-corrected chi connectivity index (χ2v) is 8.75. The standard InChI is InChI=1S/C29H23ClN4/c1-34-19-32-18-28(34)29(33-17-20-9-13-24(30)14-10-20)22-11-12-23(16-31)27(15-22)26-8-4-6-21-5-2-3-7-25(21)26/h2-15,18-19,29,33H,17H2,1H3. The molecule has 5 heteroatoms. The lowest BCUT2D eigenvalue weighted by molar-refractivity contribution is 0.573. The van der Waals surface area contributed by atoms with Crippen LogP contribution in [-0.2, 0) is 13.6 Å². The van der Waals surface area contributed by atoms with E-state index in [0.717, 1.165) is 43.7 Å². The number of halogens is 1. The molecule has 1 N–H and O–H groups in total. The average molecular weight is 463 g/mol. The third kappa shape index (κ3) is 4.32. The van der Waals surface area contributed by atoms with Gasteiger partial charge in [-0.05, 0) is 51.7 Å². The molecule has 0 aliphatic rings. The minimum absolute atomic E-state index is 0.107. The molecule has 0 bridgehead atoms. The number of imidazole rings is 1. The molecular weight excluding hydrogens is 440 g/mol. The van der Waals surface area contributed by atoms with E-state index in [1.54, 1.807) is 0 Å². The smallest absolute Gasteiger partial charge is 0.0998 e. The summed E-state index contributed by atoms with van der Waals surface area (Å²) >= 11 is 6.06. The SMILES string of the molecule is Cn1cncc1C(NCc1ccc(Cl)cc1)c1ccc(C#N)c(-c2cccc3ccccc23)c1. The maximum atomic E-state index is 9.89. The predicted octanol–water partition coefficient (Wildman–Crippen LogP) is 6.64. The molecule has 166 valence electrons. The zero-order valence-electron chi connectivity index (χ0n) is 18.7. The normalized spacial score (nSPS) is 11.9. The molecule has 4 aromatic carbocycles. The third-order valence-electron chi connectivity index (χ3n) is 6.15. The topological polar surface area (TPSA) is 53.6 Å². The van der Waals surface area contributed by atoms with Crippen LogP contribution in [0.25, 0.3) is 21.9 Å². The van der Waals surface area contributed by atoms with Crippen LogP contribution in [-0.4, -0.2) is 9.55 Å². The largest absolute Gasteiger partial charge is 0.336 e. The van der Waals surface area contributed by atoms with Crippen LogP contribution >= 0.6 is 11.6 Å². The molecule has 0 saturated carbocycles. The van der Waals surface area contributed by atoms with Crippen LogP contribution < -0.4 is 5.32 Å². The molecule has 0 spiro atoms. The zero-order valence-corrected chi connectivity index (χ0v) is 19.5. The van der Waals surface area contributed by atoms with Gasteiger partial charge in [-0.15, -0.1) is 0 Å². The van der Waals surface area contributed by atoms with E-state index >= 15 is 0 Å². The molecule has 5 aromatic rings. The first-order valence-electron chi connectivity index (χ1n) is 11.1. The Bertz CT molecular complexity index is 1490. The second-order valence-electron chi connectivity index (χ2n) is 8.31. The maximum Gasteiger partial charge on any atom is 0.0998 e. The first-order chi connectivity index (χ1) is 16.6. The van der Waals surface area contributed by atoms with Gasteiger partial charge in [0.05, 0.1) is 35.9 Å². The molecule has 0 aliphatic heterocycles. The number of hydrogen-bond acceptors (Lipinski definition) is 3. The first kappa shape index (κ1) is 21.9. The fourth-order valence-electron chi connectivity index (χ4n) is 4.38. The van der Waals surface area contributed by atoms with Crippen LogP contribution in [0.5, 0.6) is 0 Å². The van der Waals surface area contributed by atoms with Crippen molar-refractivity contribution in [2.75, 3.05) is 0 Å². The maximum absolute atomic E-state index is 9.89. The Morgan fingerprint density at radius 3 is 2.53 bits per heavy atom. The van der Waals surface area contributed by atoms with Crippen LogP contribution in [0.3, 0.4) is 0 Å². The quantitative estimate of drug-likeness (QED) is 0.307. The Morgan fingerprint density at radius 1 is 0.971 bits per heavy atom. The fourth-order valence-corrected chi connectivity index (χ4v) is 4.51. The highest BCUT2D eigenvalue weighted by Gasteiger charge is 2.19. The number of hydrogen-bond donors (Lipinski definition) is 1. The van der Waals surface area contributed by atoms with Crippen molar-refractivity contribution >= 4 is 22.4 Å². The lowest BCUT2D eigenvalue weighted by Gasteiger charge is -2.21. The lowest BCUT2D eigenvalue weighted by Crippen LogP contribution is -2.24. The predicted molar refractivity (Wildman–Crippen MR) is 137 cm³/mol. The van der Waals surface area contributed by atoms with Crippen molar-refractivity contribution in [3.8, 4) is 17.2 Å². The van der Waals surface area contributed by atoms with Gasteiger partial charge in [0.25, 0.3) is 0 Å². The number of nitrogens with zero attached hydrogens (tertiary/aromatic N) is 3. The number of aromatic nitrogens is 2. The molecule has 1 aromatic heterocycles. The molecule has 0 amide bonds. The second kappa shape index (κ2) is 9.52. The summed E-state index contributed by atoms with van der Waals surface area (Å²) in [4.78, 5) is 4.34. The number of nitrogens with one attached hydrogen (secondary N) is 1. The minimum Gasteiger partial charge on any atom is -0.336 e. The van der Waals surface area contributed by atoms with Gasteiger partial charge in [-0.1, -0.05) is 72.3 Å². The van der Waals surface area contributed by atoms with Gasteiger partial charge < -0.3 is 9.88 Å². The van der Waals surface area contributed by atoms with Gasteiger partial charge >= 0.3 is 0 Å². The van der Waals surface area contributed by atoms with E-state index in [1.165, 1.54) is 0 Å². The summed E-state index contributed by atoms with van der Waals surface area (Å²) in [6, 6.07) is 30.7. The molecule has 0 aliphatic carbocycles. The summed E-state index contributed by atoms with van der Waals surface area (Å²) < 4.78 is 2.02. The summed E-state index contributed by atoms with van der Waals surface area (Å²) in [5, 5.41) is 16.6. The van der Waals surface area contributed by atoms with E-state index in [1.807, 2.05) is 78.7 Å². The summed E-state index contributed by atoms with van der Waals surface area (Å²) in [6.45, 7) is 0.663. The molecule has 1 unspecified atom stereocenters. The van der Waals surface area contributed by atoms with Crippen molar-refractivity contribution in [3.05, 3.63) is 125 Å². The monoisotopic (exact) mass is 462 g/mol. The summed E-state index contributed by atoms with van der Waals surface area (Å²) in [7, 11) is 1.99. The van der Waals surface area contributed by atoms with Gasteiger partial charge in [-0.3, -0.25) is 0 Å². The molecule has 0 fully saturated rings. The van der Waals surface area contributed by atoms with Crippen molar-refractivity contribution in [1.29, 1.82) is 5.26 Å². The van der Waals surface area contributed by atoms with Gasteiger partial charge in [0.1, 0.15) is 0 Å². The van der Waals surface area contributed by atoms with Crippen LogP contribution in [0, 0.1) is 11.3 Å². The molecule has 1 atom stereocenters. The Labute approximate surface area is 204 Å². The molecule has 4 nitrogen and oxygen atoms in total. The molecule has 1 heterocycles. The van der Waals surface area contributed by atoms with Gasteiger partial charge in [0, 0.05) is 24.2 Å². The molecule has 0 radical (unpaired) electrons. The van der Waals surface area contributed by atoms with E-state index in [0.29, 0.717) is 12.1 Å². The van der Waals surface area contributed by atoms with Crippen molar-refractivity contribution in [2.24, 2.45) is 7.05 Å². The fraction of sp³-hybridized carbons (Fsp3) is 0.103. The van der Waals surface area contributed by atoms with Crippen LogP contribution in [0.2, 0.25) is 5.02 Å². The zero-order chi connectivity index (χ0) is 23.5. The van der Waals surface area contributed by atoms with Crippen LogP contribution in [0.4, 0.5) is 0 Å². The highest BCUT2D eigenvalue weighted by atomic mass is 35.5. The summed E-state index contributed by atoms with van der Waals surface area (Å²) in [6.07, 6.45) is 3.69. The third-order valence-corrected chi connectivity index (χ3v) is 6.40. The van der Waals surface area contributed by atoms with Crippen molar-refractivity contribution < 1.29 is 0 Å². The van der Waals surface area contributed by atoms with E-state index in [9.17, 15) is 5.26 Å². The Morgan fingerprint density at radius 2 is 1.76 bits per heavy atom. The Hall–Kier alpha value is -3.91. The van der Waals surface area contributed by atoms with Gasteiger partial charge in [-0.2, -0.15) is 5.26 Å². The van der Waals surface area contributed by atoms with Crippen LogP contribution in [0.15, 0.2) is 97.5 Å². The van der Waals surface area contributed by atoms with E-state index in [4.69, 9.17) is 11.6 Å². The van der Waals surface area contributed by atoms with E-state index in [-0.39, 0.29) is 6.04 Å². The van der Waals surface area contributed by atoms with Crippen LogP contribution in [0.1, 0.15) is 28.4 Å². The molecule has 5 rings (SSSR count). The summed E-state index contributed by atoms with van der Waals surface area (Å²) in [5.74, 6) is 0. The number of aryl methyl sites for hydroxylation is 1. The Kier molecular flexibility index (Phi) is 6.14. The van der Waals surface area contributed by atoms with Gasteiger partial charge in [0.15, 0.2) is 0 Å². The van der Waals surface area contributed by atoms with Crippen molar-refractivity contribution in [1.82, 2.24) is 14.9 Å². The lowest BCUT2D eigenvalue weighted by atomic mass is 9.91. The Balaban J connectivity index is 1.60. The van der Waals surface area contributed by atoms with E-state index < -0.39 is 0 Å². The highest BCUT2D eigenvalue weighted by molar-refractivity contribution is 6.30. The van der Waals surface area contributed by atoms with Crippen molar-refractivity contribution in [2.45, 2.75) is 12.6 Å². The number of rotatable bonds is 6. The van der Waals surface area contributed by atoms with Crippen molar-refractivity contribution in [3.63, 3.8) is 0 Å². The minimum atomic E-state index is -0.107. The number of fused-ring (bicyclic) bond motifs is 1. The number of nitriles is 1. The van der Waals surface area contributed by atoms with Gasteiger partial charge in [-0.25, -0.2) is 4.98 Å². The van der Waals surface area contributed by atoms with E-state index in [2.05, 4.69) is 46.7 Å². The average Bonchev–Trinajstić information content (AvgIpc) is 3.30. The molecule has 34 heavy (non-hydrogen) atoms. The highest BCUT2D eigenvalue weighted by Crippen LogP contribution is 2.34. The summed E-state index contributed by atoms with van der Waals surface area (Å²) in [5.41, 5.74) is 5.89. The van der Waals surface area contributed by atoms with Gasteiger partial charge in [0.2, 0.25) is 0 Å².